The van der Waals surface area contributed by atoms with E-state index in [1.165, 1.54) is 111 Å². The van der Waals surface area contributed by atoms with Gasteiger partial charge in [0.05, 0.1) is 33.7 Å². The molecule has 0 amide bonds. The van der Waals surface area contributed by atoms with E-state index < -0.39 is 0 Å². The Morgan fingerprint density at radius 2 is 0.764 bits per heavy atom. The van der Waals surface area contributed by atoms with E-state index in [1.807, 2.05) is 0 Å². The van der Waals surface area contributed by atoms with Crippen molar-refractivity contribution in [3.8, 4) is 56.3 Å². The van der Waals surface area contributed by atoms with Gasteiger partial charge in [0, 0.05) is 43.9 Å². The van der Waals surface area contributed by atoms with Crippen LogP contribution in [-0.2, 0) is 16.2 Å². The van der Waals surface area contributed by atoms with Crippen LogP contribution in [0.4, 0.5) is 0 Å². The summed E-state index contributed by atoms with van der Waals surface area (Å²) in [5.74, 6) is 1.38. The first-order valence-electron chi connectivity index (χ1n) is 25.6. The van der Waals surface area contributed by atoms with Crippen molar-refractivity contribution in [2.45, 2.75) is 63.7 Å². The SMILES string of the molecule is CC1(C)c2ccccc2-c2cc3c(cc21)C(c1cc(-n2c4ccccc4c4cc5c(cc42)C(C)(C)c2ccccc2-5)nc(-n2c4ccccc4c4cc5c(cc42)C(C)(C)c2ccccc2-5)n1)c1ccccc1-3. The molecule has 0 N–H and O–H groups in total. The van der Waals surface area contributed by atoms with Gasteiger partial charge in [0.1, 0.15) is 5.82 Å². The number of rotatable bonds is 3. The van der Waals surface area contributed by atoms with Gasteiger partial charge in [0.15, 0.2) is 0 Å². The Morgan fingerprint density at radius 3 is 1.33 bits per heavy atom. The molecule has 0 saturated carbocycles. The maximum Gasteiger partial charge on any atom is 0.236 e. The minimum absolute atomic E-state index is 0.141. The fourth-order valence-electron chi connectivity index (χ4n) is 14.3. The number of benzene rings is 9. The van der Waals surface area contributed by atoms with Gasteiger partial charge in [-0.1, -0.05) is 181 Å². The highest BCUT2D eigenvalue weighted by molar-refractivity contribution is 6.13. The zero-order valence-corrected chi connectivity index (χ0v) is 41.3. The Morgan fingerprint density at radius 1 is 0.319 bits per heavy atom. The number of hydrogen-bond acceptors (Lipinski definition) is 2. The lowest BCUT2D eigenvalue weighted by atomic mass is 9.80. The molecular weight excluding hydrogens is 873 g/mol. The van der Waals surface area contributed by atoms with Crippen LogP contribution in [0.5, 0.6) is 0 Å². The standard InChI is InChI=1S/C68H50N4/c1-66(2)52-26-14-9-20-39(52)46-31-45-38-19-7-8-25-44(38)64(51(45)34-55(46)66)58-37-63(71-59-29-17-12-23-42(59)49-32-47-40-21-10-15-27-53(40)67(3,4)56(47)35-61(49)71)70-65(69-58)72-60-30-18-13-24-43(60)50-33-48-41-22-11-16-28-54(41)68(5,6)57(48)36-62(50)72/h7-37,64H,1-6H3. The molecule has 3 aromatic heterocycles. The largest absolute Gasteiger partial charge is 0.294 e. The molecule has 16 rings (SSSR count). The highest BCUT2D eigenvalue weighted by atomic mass is 15.2. The normalized spacial score (nSPS) is 16.7. The topological polar surface area (TPSA) is 35.6 Å². The fraction of sp³-hybridized carbons (Fsp3) is 0.147. The molecule has 72 heavy (non-hydrogen) atoms. The molecule has 12 aromatic rings. The quantitative estimate of drug-likeness (QED) is 0.177. The Bertz CT molecular complexity index is 4240. The van der Waals surface area contributed by atoms with Crippen LogP contribution in [0.3, 0.4) is 0 Å². The van der Waals surface area contributed by atoms with E-state index in [-0.39, 0.29) is 22.2 Å². The molecule has 9 aromatic carbocycles. The van der Waals surface area contributed by atoms with Crippen LogP contribution < -0.4 is 0 Å². The zero-order chi connectivity index (χ0) is 48.2. The van der Waals surface area contributed by atoms with Gasteiger partial charge in [-0.05, 0) is 131 Å². The van der Waals surface area contributed by atoms with Gasteiger partial charge in [-0.3, -0.25) is 9.13 Å². The van der Waals surface area contributed by atoms with Crippen LogP contribution >= 0.6 is 0 Å². The van der Waals surface area contributed by atoms with Gasteiger partial charge >= 0.3 is 0 Å². The van der Waals surface area contributed by atoms with Gasteiger partial charge < -0.3 is 0 Å². The van der Waals surface area contributed by atoms with Crippen LogP contribution in [0.15, 0.2) is 188 Å². The average Bonchev–Trinajstić information content (AvgIpc) is 4.18. The summed E-state index contributed by atoms with van der Waals surface area (Å²) in [4.78, 5) is 11.8. The van der Waals surface area contributed by atoms with Gasteiger partial charge in [-0.2, -0.15) is 4.98 Å². The molecule has 1 unspecified atom stereocenters. The molecule has 0 bridgehead atoms. The van der Waals surface area contributed by atoms with Gasteiger partial charge in [-0.15, -0.1) is 0 Å². The lowest BCUT2D eigenvalue weighted by Crippen LogP contribution is -2.16. The summed E-state index contributed by atoms with van der Waals surface area (Å²) in [6, 6.07) is 70.9. The van der Waals surface area contributed by atoms with E-state index in [0.29, 0.717) is 5.95 Å². The second-order valence-electron chi connectivity index (χ2n) is 22.5. The lowest BCUT2D eigenvalue weighted by molar-refractivity contribution is 0.659. The molecule has 0 radical (unpaired) electrons. The van der Waals surface area contributed by atoms with Crippen LogP contribution in [0, 0.1) is 0 Å². The van der Waals surface area contributed by atoms with E-state index in [1.54, 1.807) is 0 Å². The Balaban J connectivity index is 1.01. The highest BCUT2D eigenvalue weighted by Gasteiger charge is 2.42. The summed E-state index contributed by atoms with van der Waals surface area (Å²) in [5, 5.41) is 4.83. The van der Waals surface area contributed by atoms with Crippen molar-refractivity contribution < 1.29 is 0 Å². The minimum Gasteiger partial charge on any atom is -0.294 e. The van der Waals surface area contributed by atoms with Crippen molar-refractivity contribution >= 4 is 43.6 Å². The third kappa shape index (κ3) is 4.97. The molecule has 0 spiro atoms. The zero-order valence-electron chi connectivity index (χ0n) is 41.3. The summed E-state index contributed by atoms with van der Waals surface area (Å²) in [7, 11) is 0. The lowest BCUT2D eigenvalue weighted by Gasteiger charge is -2.23. The molecule has 4 aliphatic carbocycles. The summed E-state index contributed by atoms with van der Waals surface area (Å²) < 4.78 is 4.81. The van der Waals surface area contributed by atoms with Crippen LogP contribution in [0.25, 0.3) is 99.9 Å². The third-order valence-corrected chi connectivity index (χ3v) is 17.8. The molecule has 342 valence electrons. The predicted molar refractivity (Wildman–Crippen MR) is 296 cm³/mol. The average molecular weight is 923 g/mol. The number of aromatic nitrogens is 4. The monoisotopic (exact) mass is 922 g/mol. The maximum atomic E-state index is 5.91. The van der Waals surface area contributed by atoms with Crippen molar-refractivity contribution in [1.82, 2.24) is 19.1 Å². The van der Waals surface area contributed by atoms with Gasteiger partial charge in [0.25, 0.3) is 0 Å². The van der Waals surface area contributed by atoms with Gasteiger partial charge in [-0.25, -0.2) is 4.98 Å². The number of fused-ring (bicyclic) bond motifs is 18. The smallest absolute Gasteiger partial charge is 0.236 e. The fourth-order valence-corrected chi connectivity index (χ4v) is 14.3. The van der Waals surface area contributed by atoms with Crippen LogP contribution in [0.2, 0.25) is 0 Å². The second kappa shape index (κ2) is 13.5. The van der Waals surface area contributed by atoms with E-state index >= 15 is 0 Å². The van der Waals surface area contributed by atoms with E-state index in [0.717, 1.165) is 33.6 Å². The second-order valence-corrected chi connectivity index (χ2v) is 22.5. The van der Waals surface area contributed by atoms with Crippen LogP contribution in [0.1, 0.15) is 97.7 Å². The van der Waals surface area contributed by atoms with E-state index in [2.05, 4.69) is 239 Å². The summed E-state index contributed by atoms with van der Waals surface area (Å²) in [6.07, 6.45) is 0. The van der Waals surface area contributed by atoms with Gasteiger partial charge in [0.2, 0.25) is 5.95 Å². The molecule has 4 nitrogen and oxygen atoms in total. The van der Waals surface area contributed by atoms with E-state index in [9.17, 15) is 0 Å². The maximum absolute atomic E-state index is 5.91. The molecule has 1 atom stereocenters. The Labute approximate surface area is 418 Å². The third-order valence-electron chi connectivity index (χ3n) is 17.8. The molecule has 4 heteroatoms. The number of nitrogens with zero attached hydrogens (tertiary/aromatic N) is 4. The highest BCUT2D eigenvalue weighted by Crippen LogP contribution is 2.57. The van der Waals surface area contributed by atoms with Crippen LogP contribution in [-0.4, -0.2) is 19.1 Å². The molecule has 0 fully saturated rings. The molecule has 4 aliphatic rings. The summed E-state index contributed by atoms with van der Waals surface area (Å²) in [5.41, 5.74) is 26.2. The van der Waals surface area contributed by atoms with Crippen molar-refractivity contribution in [2.75, 3.05) is 0 Å². The first-order chi connectivity index (χ1) is 35.0. The summed E-state index contributed by atoms with van der Waals surface area (Å²) in [6.45, 7) is 14.3. The first-order valence-corrected chi connectivity index (χ1v) is 25.6. The minimum atomic E-state index is -0.184. The Hall–Kier alpha value is -8.34. The Kier molecular flexibility index (Phi) is 7.59. The number of para-hydroxylation sites is 2. The number of hydrogen-bond donors (Lipinski definition) is 0. The van der Waals surface area contributed by atoms with Crippen molar-refractivity contribution in [3.63, 3.8) is 0 Å². The van der Waals surface area contributed by atoms with Crippen molar-refractivity contribution in [1.29, 1.82) is 0 Å². The molecular formula is C68H50N4. The molecule has 3 heterocycles. The molecule has 0 saturated heterocycles. The predicted octanol–water partition coefficient (Wildman–Crippen LogP) is 16.8. The summed E-state index contributed by atoms with van der Waals surface area (Å²) >= 11 is 0. The van der Waals surface area contributed by atoms with Crippen molar-refractivity contribution in [3.05, 3.63) is 238 Å². The van der Waals surface area contributed by atoms with E-state index in [4.69, 9.17) is 9.97 Å². The molecule has 0 aliphatic heterocycles. The van der Waals surface area contributed by atoms with Crippen molar-refractivity contribution in [2.24, 2.45) is 0 Å². The first kappa shape index (κ1) is 40.4.